The molecule has 26 heavy (non-hydrogen) atoms. The van der Waals surface area contributed by atoms with E-state index >= 15 is 0 Å². The van der Waals surface area contributed by atoms with Crippen LogP contribution in [-0.4, -0.2) is 45.2 Å². The maximum absolute atomic E-state index is 11.1. The van der Waals surface area contributed by atoms with Crippen molar-refractivity contribution in [2.24, 2.45) is 0 Å². The number of benzene rings is 1. The molecule has 1 aliphatic rings. The van der Waals surface area contributed by atoms with E-state index in [-0.39, 0.29) is 0 Å². The number of hydrogen-bond acceptors (Lipinski definition) is 4. The van der Waals surface area contributed by atoms with Gasteiger partial charge in [-0.15, -0.1) is 0 Å². The van der Waals surface area contributed by atoms with Gasteiger partial charge >= 0.3 is 0 Å². The Labute approximate surface area is 154 Å². The normalized spacial score (nSPS) is 18.6. The maximum atomic E-state index is 11.1. The smallest absolute Gasteiger partial charge is 0.267 e. The lowest BCUT2D eigenvalue weighted by Crippen LogP contribution is -2.37. The number of piperidine rings is 1. The molecular formula is C20H28N4O2. The van der Waals surface area contributed by atoms with Gasteiger partial charge in [0.15, 0.2) is 0 Å². The van der Waals surface area contributed by atoms with Gasteiger partial charge in [-0.1, -0.05) is 25.8 Å². The van der Waals surface area contributed by atoms with Crippen LogP contribution >= 0.6 is 0 Å². The van der Waals surface area contributed by atoms with Crippen molar-refractivity contribution in [3.63, 3.8) is 0 Å². The number of nitrogens with one attached hydrogen (secondary N) is 1. The molecule has 3 rings (SSSR count). The van der Waals surface area contributed by atoms with Crippen molar-refractivity contribution in [3.05, 3.63) is 36.2 Å². The molecule has 1 aliphatic heterocycles. The number of aromatic nitrogens is 2. The van der Waals surface area contributed by atoms with E-state index in [4.69, 9.17) is 5.21 Å². The highest BCUT2D eigenvalue weighted by Gasteiger charge is 2.22. The zero-order valence-corrected chi connectivity index (χ0v) is 15.4. The third kappa shape index (κ3) is 4.51. The second-order valence-electron chi connectivity index (χ2n) is 7.01. The summed E-state index contributed by atoms with van der Waals surface area (Å²) in [4.78, 5) is 18.3. The first-order valence-electron chi connectivity index (χ1n) is 9.52. The van der Waals surface area contributed by atoms with E-state index in [0.717, 1.165) is 23.1 Å². The summed E-state index contributed by atoms with van der Waals surface area (Å²) < 4.78 is 2.30. The van der Waals surface area contributed by atoms with Gasteiger partial charge < -0.3 is 9.47 Å². The molecule has 2 N–H and O–H groups in total. The molecule has 0 radical (unpaired) electrons. The van der Waals surface area contributed by atoms with Gasteiger partial charge in [-0.25, -0.2) is 10.5 Å². The molecule has 0 spiro atoms. The fraction of sp³-hybridized carbons (Fsp3) is 0.500. The third-order valence-corrected chi connectivity index (χ3v) is 5.09. The van der Waals surface area contributed by atoms with E-state index in [1.807, 2.05) is 18.5 Å². The molecule has 1 atom stereocenters. The molecule has 1 amide bonds. The van der Waals surface area contributed by atoms with E-state index in [2.05, 4.69) is 27.4 Å². The van der Waals surface area contributed by atoms with Crippen molar-refractivity contribution < 1.29 is 10.0 Å². The number of nitrogens with zero attached hydrogens (tertiary/aromatic N) is 3. The Morgan fingerprint density at radius 2 is 2.31 bits per heavy atom. The highest BCUT2D eigenvalue weighted by molar-refractivity contribution is 5.91. The van der Waals surface area contributed by atoms with Crippen molar-refractivity contribution in [3.8, 4) is 0 Å². The minimum Gasteiger partial charge on any atom is -0.326 e. The largest absolute Gasteiger partial charge is 0.326 e. The Morgan fingerprint density at radius 3 is 3.12 bits per heavy atom. The van der Waals surface area contributed by atoms with Crippen LogP contribution in [-0.2, 0) is 4.79 Å². The molecular weight excluding hydrogens is 328 g/mol. The topological polar surface area (TPSA) is 70.4 Å². The average Bonchev–Trinajstić information content (AvgIpc) is 3.10. The van der Waals surface area contributed by atoms with Gasteiger partial charge in [0.1, 0.15) is 0 Å². The summed E-state index contributed by atoms with van der Waals surface area (Å²) in [5.41, 5.74) is 4.54. The first-order chi connectivity index (χ1) is 12.7. The Bertz CT molecular complexity index is 768. The van der Waals surface area contributed by atoms with Crippen LogP contribution in [0.4, 0.5) is 0 Å². The van der Waals surface area contributed by atoms with Gasteiger partial charge in [0.2, 0.25) is 0 Å². The standard InChI is InChI=1S/C20H28N4O2/c1-2-3-4-11-23-12-5-6-17(14-23)24-15-21-18-13-16(7-9-19(18)24)8-10-20(25)22-26/h7-10,13,15,17,26H,2-6,11-12,14H2,1H3,(H,22,25)/b10-8+. The lowest BCUT2D eigenvalue weighted by atomic mass is 10.0. The van der Waals surface area contributed by atoms with Gasteiger partial charge in [0.25, 0.3) is 5.91 Å². The van der Waals surface area contributed by atoms with Gasteiger partial charge in [0.05, 0.1) is 17.4 Å². The number of amides is 1. The quantitative estimate of drug-likeness (QED) is 0.345. The number of likely N-dealkylation sites (tertiary alicyclic amines) is 1. The lowest BCUT2D eigenvalue weighted by Gasteiger charge is -2.33. The van der Waals surface area contributed by atoms with E-state index in [0.29, 0.717) is 6.04 Å². The van der Waals surface area contributed by atoms with Crippen LogP contribution in [0.1, 0.15) is 50.6 Å². The zero-order chi connectivity index (χ0) is 18.4. The number of unbranched alkanes of at least 4 members (excludes halogenated alkanes) is 2. The monoisotopic (exact) mass is 356 g/mol. The van der Waals surface area contributed by atoms with Crippen LogP contribution in [0.2, 0.25) is 0 Å². The second kappa shape index (κ2) is 8.96. The Morgan fingerprint density at radius 1 is 1.42 bits per heavy atom. The van der Waals surface area contributed by atoms with Crippen LogP contribution in [0.15, 0.2) is 30.6 Å². The van der Waals surface area contributed by atoms with Crippen LogP contribution < -0.4 is 5.48 Å². The molecule has 1 aromatic carbocycles. The average molecular weight is 356 g/mol. The predicted molar refractivity (Wildman–Crippen MR) is 103 cm³/mol. The fourth-order valence-electron chi connectivity index (χ4n) is 3.70. The maximum Gasteiger partial charge on any atom is 0.267 e. The lowest BCUT2D eigenvalue weighted by molar-refractivity contribution is -0.124. The first kappa shape index (κ1) is 18.6. The molecule has 1 aromatic heterocycles. The van der Waals surface area contributed by atoms with Crippen molar-refractivity contribution in [1.29, 1.82) is 0 Å². The minimum absolute atomic E-state index is 0.469. The molecule has 0 bridgehead atoms. The molecule has 6 heteroatoms. The van der Waals surface area contributed by atoms with Crippen LogP contribution in [0, 0.1) is 0 Å². The van der Waals surface area contributed by atoms with Crippen molar-refractivity contribution >= 4 is 23.0 Å². The summed E-state index contributed by atoms with van der Waals surface area (Å²) in [5, 5.41) is 8.55. The molecule has 1 fully saturated rings. The van der Waals surface area contributed by atoms with Crippen molar-refractivity contribution in [2.75, 3.05) is 19.6 Å². The summed E-state index contributed by atoms with van der Waals surface area (Å²) in [6, 6.07) is 6.48. The van der Waals surface area contributed by atoms with Crippen LogP contribution in [0.3, 0.4) is 0 Å². The van der Waals surface area contributed by atoms with Gasteiger partial charge in [-0.2, -0.15) is 0 Å². The predicted octanol–water partition coefficient (Wildman–Crippen LogP) is 3.38. The summed E-state index contributed by atoms with van der Waals surface area (Å²) >= 11 is 0. The number of hydroxylamine groups is 1. The van der Waals surface area contributed by atoms with Crippen LogP contribution in [0.5, 0.6) is 0 Å². The van der Waals surface area contributed by atoms with Crippen LogP contribution in [0.25, 0.3) is 17.1 Å². The minimum atomic E-state index is -0.541. The number of imidazole rings is 1. The molecule has 2 heterocycles. The molecule has 0 aliphatic carbocycles. The molecule has 2 aromatic rings. The zero-order valence-electron chi connectivity index (χ0n) is 15.4. The Hall–Kier alpha value is -2.18. The molecule has 0 saturated carbocycles. The summed E-state index contributed by atoms with van der Waals surface area (Å²) in [6.07, 6.45) is 11.2. The molecule has 140 valence electrons. The Kier molecular flexibility index (Phi) is 6.41. The summed E-state index contributed by atoms with van der Waals surface area (Å²) in [6.45, 7) is 5.73. The van der Waals surface area contributed by atoms with Gasteiger partial charge in [0, 0.05) is 18.7 Å². The van der Waals surface area contributed by atoms with Gasteiger partial charge in [-0.05, 0) is 56.1 Å². The fourth-order valence-corrected chi connectivity index (χ4v) is 3.70. The SMILES string of the molecule is CCCCCN1CCCC(n2cnc3cc(/C=C/C(=O)NO)ccc32)C1. The highest BCUT2D eigenvalue weighted by Crippen LogP contribution is 2.26. The summed E-state index contributed by atoms with van der Waals surface area (Å²) in [5.74, 6) is -0.541. The number of hydrogen-bond donors (Lipinski definition) is 2. The second-order valence-corrected chi connectivity index (χ2v) is 7.01. The molecule has 1 saturated heterocycles. The van der Waals surface area contributed by atoms with Crippen molar-refractivity contribution in [2.45, 2.75) is 45.1 Å². The molecule has 1 unspecified atom stereocenters. The first-order valence-corrected chi connectivity index (χ1v) is 9.52. The van der Waals surface area contributed by atoms with E-state index in [1.54, 1.807) is 11.6 Å². The number of fused-ring (bicyclic) bond motifs is 1. The highest BCUT2D eigenvalue weighted by atomic mass is 16.5. The third-order valence-electron chi connectivity index (χ3n) is 5.09. The van der Waals surface area contributed by atoms with E-state index < -0.39 is 5.91 Å². The van der Waals surface area contributed by atoms with Gasteiger partial charge in [-0.3, -0.25) is 10.0 Å². The number of rotatable bonds is 7. The Balaban J connectivity index is 1.72. The van der Waals surface area contributed by atoms with E-state index in [9.17, 15) is 4.79 Å². The molecule has 6 nitrogen and oxygen atoms in total. The van der Waals surface area contributed by atoms with Crippen molar-refractivity contribution in [1.82, 2.24) is 19.9 Å². The van der Waals surface area contributed by atoms with E-state index in [1.165, 1.54) is 51.3 Å². The number of carbonyl (C=O) groups is 1. The number of carbonyl (C=O) groups excluding carboxylic acids is 1. The summed E-state index contributed by atoms with van der Waals surface area (Å²) in [7, 11) is 0.